The molecular formula is C45H55IN6O6S. The third-order valence-electron chi connectivity index (χ3n) is 13.4. The smallest absolute Gasteiger partial charge is 0.266 e. The zero-order valence-electron chi connectivity index (χ0n) is 34.6. The van der Waals surface area contributed by atoms with Crippen molar-refractivity contribution in [3.8, 4) is 35.2 Å². The molecule has 59 heavy (non-hydrogen) atoms. The predicted molar refractivity (Wildman–Crippen MR) is 239 cm³/mol. The van der Waals surface area contributed by atoms with Gasteiger partial charge in [-0.2, -0.15) is 0 Å². The van der Waals surface area contributed by atoms with Gasteiger partial charge in [0, 0.05) is 62.4 Å². The Balaban J connectivity index is 0.000000173. The topological polar surface area (TPSA) is 163 Å². The Hall–Kier alpha value is -3.80. The van der Waals surface area contributed by atoms with Crippen molar-refractivity contribution in [1.29, 1.82) is 0 Å². The van der Waals surface area contributed by atoms with Gasteiger partial charge >= 0.3 is 0 Å². The molecule has 0 aromatic heterocycles. The van der Waals surface area contributed by atoms with Crippen molar-refractivity contribution < 1.29 is 28.5 Å². The highest BCUT2D eigenvalue weighted by Gasteiger charge is 2.70. The molecule has 4 aliphatic heterocycles. The van der Waals surface area contributed by atoms with Crippen molar-refractivity contribution in [2.45, 2.75) is 112 Å². The SMILES string of the molecule is COC1CCC2(CC1)Oc1ccc(C#CC3CC3)cc1C21N=C(N)N(C)C1=O.COC1CCC2(CC1)Oc1ccc(C#CC3CC3)cc1C21N=C(SC)N(C)C1=O.I.N. The second-order valence-corrected chi connectivity index (χ2v) is 17.6. The molecule has 4 spiro atoms. The van der Waals surface area contributed by atoms with Gasteiger partial charge in [-0.15, -0.1) is 24.0 Å². The number of hydrogen-bond acceptors (Lipinski definition) is 11. The van der Waals surface area contributed by atoms with Crippen LogP contribution in [0.2, 0.25) is 0 Å². The number of benzene rings is 2. The monoisotopic (exact) mass is 934 g/mol. The molecular weight excluding hydrogens is 880 g/mol. The fraction of sp³-hybridized carbons (Fsp3) is 0.556. The van der Waals surface area contributed by atoms with E-state index in [4.69, 9.17) is 34.7 Å². The van der Waals surface area contributed by atoms with Gasteiger partial charge in [0.2, 0.25) is 11.1 Å². The first-order valence-corrected chi connectivity index (χ1v) is 21.6. The van der Waals surface area contributed by atoms with Gasteiger partial charge < -0.3 is 30.8 Å². The minimum absolute atomic E-state index is 0. The molecule has 14 heteroatoms. The van der Waals surface area contributed by atoms with Crippen LogP contribution in [0.5, 0.6) is 11.5 Å². The molecule has 10 rings (SSSR count). The molecule has 2 unspecified atom stereocenters. The number of amidine groups is 1. The molecule has 5 N–H and O–H groups in total. The summed E-state index contributed by atoms with van der Waals surface area (Å²) in [5.74, 6) is 15.8. The Labute approximate surface area is 368 Å². The average molecular weight is 935 g/mol. The highest BCUT2D eigenvalue weighted by atomic mass is 127. The van der Waals surface area contributed by atoms with E-state index < -0.39 is 22.3 Å². The Morgan fingerprint density at radius 3 is 1.49 bits per heavy atom. The van der Waals surface area contributed by atoms with Crippen molar-refractivity contribution >= 4 is 58.7 Å². The maximum atomic E-state index is 13.7. The van der Waals surface area contributed by atoms with Gasteiger partial charge in [-0.05, 0) is 120 Å². The molecule has 2 aromatic carbocycles. The van der Waals surface area contributed by atoms with Crippen molar-refractivity contribution in [3.05, 3.63) is 58.7 Å². The van der Waals surface area contributed by atoms with Crippen molar-refractivity contribution in [1.82, 2.24) is 16.0 Å². The van der Waals surface area contributed by atoms with Gasteiger partial charge in [0.15, 0.2) is 11.1 Å². The van der Waals surface area contributed by atoms with E-state index in [1.165, 1.54) is 42.3 Å². The molecule has 2 amide bonds. The molecule has 4 saturated carbocycles. The summed E-state index contributed by atoms with van der Waals surface area (Å²) >= 11 is 1.51. The summed E-state index contributed by atoms with van der Waals surface area (Å²) < 4.78 is 24.2. The summed E-state index contributed by atoms with van der Waals surface area (Å²) in [6, 6.07) is 11.9. The number of nitrogens with zero attached hydrogens (tertiary/aromatic N) is 4. The first kappa shape index (κ1) is 43.3. The average Bonchev–Trinajstić information content (AvgIpc) is 4.17. The third kappa shape index (κ3) is 6.91. The van der Waals surface area contributed by atoms with Crippen molar-refractivity contribution in [2.24, 2.45) is 27.6 Å². The molecule has 4 heterocycles. The van der Waals surface area contributed by atoms with Crippen LogP contribution in [0, 0.1) is 35.5 Å². The molecule has 4 aliphatic carbocycles. The highest BCUT2D eigenvalue weighted by molar-refractivity contribution is 14.0. The number of guanidine groups is 1. The predicted octanol–water partition coefficient (Wildman–Crippen LogP) is 6.48. The van der Waals surface area contributed by atoms with Crippen LogP contribution in [0.4, 0.5) is 0 Å². The normalized spacial score (nSPS) is 32.0. The van der Waals surface area contributed by atoms with Gasteiger partial charge in [-0.3, -0.25) is 19.4 Å². The lowest BCUT2D eigenvalue weighted by molar-refractivity contribution is -0.141. The van der Waals surface area contributed by atoms with Crippen molar-refractivity contribution in [2.75, 3.05) is 34.6 Å². The number of likely N-dealkylation sites (N-methyl/N-ethyl adjacent to an activating group) is 2. The number of rotatable bonds is 2. The van der Waals surface area contributed by atoms with Crippen LogP contribution >= 0.6 is 35.7 Å². The fourth-order valence-corrected chi connectivity index (χ4v) is 10.3. The maximum absolute atomic E-state index is 13.7. The largest absolute Gasteiger partial charge is 0.483 e. The molecule has 0 radical (unpaired) electrons. The number of amides is 2. The highest BCUT2D eigenvalue weighted by Crippen LogP contribution is 2.60. The molecule has 2 atom stereocenters. The van der Waals surface area contributed by atoms with Gasteiger partial charge in [0.05, 0.1) is 12.2 Å². The van der Waals surface area contributed by atoms with Crippen molar-refractivity contribution in [3.63, 3.8) is 0 Å². The molecule has 0 bridgehead atoms. The summed E-state index contributed by atoms with van der Waals surface area (Å²) in [5.41, 5.74) is 6.08. The van der Waals surface area contributed by atoms with E-state index in [0.29, 0.717) is 30.4 Å². The summed E-state index contributed by atoms with van der Waals surface area (Å²) in [5, 5.41) is 0.745. The quantitative estimate of drug-likeness (QED) is 0.254. The van der Waals surface area contributed by atoms with Crippen LogP contribution < -0.4 is 21.4 Å². The van der Waals surface area contributed by atoms with Crippen LogP contribution in [-0.4, -0.2) is 90.7 Å². The minimum atomic E-state index is -1.13. The number of carbonyl (C=O) groups excluding carboxylic acids is 2. The second-order valence-electron chi connectivity index (χ2n) is 16.8. The molecule has 4 fully saturated rings. The third-order valence-corrected chi connectivity index (χ3v) is 14.1. The summed E-state index contributed by atoms with van der Waals surface area (Å²) in [4.78, 5) is 40.2. The zero-order chi connectivity index (χ0) is 39.7. The number of nitrogens with two attached hydrogens (primary N) is 1. The van der Waals surface area contributed by atoms with Crippen LogP contribution in [-0.2, 0) is 30.1 Å². The van der Waals surface area contributed by atoms with Gasteiger partial charge in [0.25, 0.3) is 11.8 Å². The lowest BCUT2D eigenvalue weighted by Gasteiger charge is -2.43. The van der Waals surface area contributed by atoms with E-state index in [9.17, 15) is 9.59 Å². The Bertz CT molecular complexity index is 2200. The molecule has 2 aromatic rings. The number of aliphatic imine (C=N–C) groups is 2. The number of thioether (sulfide) groups is 1. The lowest BCUT2D eigenvalue weighted by atomic mass is 9.68. The molecule has 0 saturated heterocycles. The van der Waals surface area contributed by atoms with Crippen LogP contribution in [0.15, 0.2) is 46.4 Å². The number of methoxy groups -OCH3 is 2. The molecule has 314 valence electrons. The molecule has 8 aliphatic rings. The number of ether oxygens (including phenoxy) is 4. The summed E-state index contributed by atoms with van der Waals surface area (Å²) in [6.07, 6.45) is 13.4. The zero-order valence-corrected chi connectivity index (χ0v) is 37.7. The van der Waals surface area contributed by atoms with E-state index in [-0.39, 0.29) is 60.1 Å². The van der Waals surface area contributed by atoms with Gasteiger partial charge in [-0.25, -0.2) is 9.98 Å². The first-order valence-electron chi connectivity index (χ1n) is 20.3. The number of hydrogen-bond donors (Lipinski definition) is 2. The van der Waals surface area contributed by atoms with Gasteiger partial charge in [-0.1, -0.05) is 35.4 Å². The van der Waals surface area contributed by atoms with E-state index in [0.717, 1.165) is 71.7 Å². The second kappa shape index (κ2) is 16.2. The number of halogens is 1. The Morgan fingerprint density at radius 1 is 0.712 bits per heavy atom. The standard InChI is InChI=1S/C23H26N2O3S.C22H25N3O3.HI.H3N/c1-25-20(26)23(24-21(25)29-3)18-14-16(7-6-15-4-5-15)8-9-19(18)28-22(23)12-10-17(27-2)11-13-22;1-25-19(26)22(24-20(25)23)17-13-15(6-5-14-3-4-14)7-8-18(17)28-21(22)11-9-16(27-2)10-12-21;;/h8-9,14-15,17H,4-5,10-13H2,1-3H3;7-8,13-14,16H,3-4,9-12H2,1-2H3,(H2,23,24);1H;1H3. The van der Waals surface area contributed by atoms with E-state index in [2.05, 4.69) is 23.7 Å². The first-order chi connectivity index (χ1) is 27.5. The Kier molecular flexibility index (Phi) is 11.9. The number of carbonyl (C=O) groups is 2. The molecule has 12 nitrogen and oxygen atoms in total. The fourth-order valence-electron chi connectivity index (χ4n) is 9.72. The van der Waals surface area contributed by atoms with Crippen LogP contribution in [0.25, 0.3) is 0 Å². The summed E-state index contributed by atoms with van der Waals surface area (Å²) in [7, 11) is 6.99. The summed E-state index contributed by atoms with van der Waals surface area (Å²) in [6.45, 7) is 0. The Morgan fingerprint density at radius 2 is 1.14 bits per heavy atom. The van der Waals surface area contributed by atoms with E-state index in [1.807, 2.05) is 49.7 Å². The maximum Gasteiger partial charge on any atom is 0.266 e. The van der Waals surface area contributed by atoms with Gasteiger partial charge in [0.1, 0.15) is 22.7 Å². The number of fused-ring (bicyclic) bond motifs is 6. The van der Waals surface area contributed by atoms with E-state index in [1.54, 1.807) is 26.2 Å². The van der Waals surface area contributed by atoms with E-state index >= 15 is 0 Å². The van der Waals surface area contributed by atoms with Crippen LogP contribution in [0.1, 0.15) is 99.3 Å². The lowest BCUT2D eigenvalue weighted by Crippen LogP contribution is -2.57. The van der Waals surface area contributed by atoms with Crippen LogP contribution in [0.3, 0.4) is 0 Å². The minimum Gasteiger partial charge on any atom is -0.483 e.